The first-order valence-electron chi connectivity index (χ1n) is 9.06. The summed E-state index contributed by atoms with van der Waals surface area (Å²) in [6.45, 7) is -0.639. The Morgan fingerprint density at radius 1 is 0.844 bits per heavy atom. The van der Waals surface area contributed by atoms with Crippen LogP contribution < -0.4 is 5.32 Å². The number of nitrogens with zero attached hydrogens (tertiary/aromatic N) is 1. The Morgan fingerprint density at radius 2 is 1.41 bits per heavy atom. The van der Waals surface area contributed by atoms with Gasteiger partial charge in [-0.15, -0.1) is 0 Å². The second-order valence-electron chi connectivity index (χ2n) is 6.71. The monoisotopic (exact) mass is 488 g/mol. The van der Waals surface area contributed by atoms with Gasteiger partial charge in [-0.1, -0.05) is 59.1 Å². The first-order valence-corrected chi connectivity index (χ1v) is 10.2. The predicted molar refractivity (Wildman–Crippen MR) is 118 cm³/mol. The number of ketones is 2. The maximum atomic E-state index is 12.8. The second kappa shape index (κ2) is 8.70. The van der Waals surface area contributed by atoms with Crippen LogP contribution in [0.2, 0.25) is 15.3 Å². The molecule has 160 valence electrons. The van der Waals surface area contributed by atoms with E-state index in [1.54, 1.807) is 24.3 Å². The van der Waals surface area contributed by atoms with Crippen LogP contribution in [0, 0.1) is 0 Å². The van der Waals surface area contributed by atoms with Gasteiger partial charge in [-0.2, -0.15) is 0 Å². The number of fused-ring (bicyclic) bond motifs is 2. The number of anilines is 1. The molecule has 1 N–H and O–H groups in total. The van der Waals surface area contributed by atoms with Crippen LogP contribution in [0.3, 0.4) is 0 Å². The summed E-state index contributed by atoms with van der Waals surface area (Å²) in [5.41, 5.74) is 0.953. The van der Waals surface area contributed by atoms with Crippen molar-refractivity contribution in [3.05, 3.63) is 91.7 Å². The molecule has 1 amide bonds. The minimum absolute atomic E-state index is 0.00414. The van der Waals surface area contributed by atoms with E-state index in [1.165, 1.54) is 24.3 Å². The van der Waals surface area contributed by atoms with Crippen molar-refractivity contribution in [2.24, 2.45) is 0 Å². The molecule has 0 fully saturated rings. The zero-order chi connectivity index (χ0) is 23.0. The third kappa shape index (κ3) is 4.23. The van der Waals surface area contributed by atoms with Gasteiger partial charge in [-0.05, 0) is 24.3 Å². The van der Waals surface area contributed by atoms with E-state index >= 15 is 0 Å². The van der Waals surface area contributed by atoms with E-state index in [4.69, 9.17) is 39.5 Å². The van der Waals surface area contributed by atoms with Crippen LogP contribution in [0.4, 0.5) is 5.69 Å². The Morgan fingerprint density at radius 3 is 2.00 bits per heavy atom. The Hall–Kier alpha value is -3.26. The number of aromatic nitrogens is 1. The second-order valence-corrected chi connectivity index (χ2v) is 7.89. The highest BCUT2D eigenvalue weighted by Crippen LogP contribution is 2.33. The number of nitrogens with one attached hydrogen (secondary N) is 1. The molecule has 4 rings (SSSR count). The van der Waals surface area contributed by atoms with Gasteiger partial charge in [-0.25, -0.2) is 9.78 Å². The number of pyridine rings is 1. The van der Waals surface area contributed by atoms with Crippen molar-refractivity contribution < 1.29 is 23.9 Å². The molecule has 0 bridgehead atoms. The van der Waals surface area contributed by atoms with E-state index in [-0.39, 0.29) is 54.8 Å². The van der Waals surface area contributed by atoms with Crippen molar-refractivity contribution in [3.63, 3.8) is 0 Å². The number of carbonyl (C=O) groups is 4. The Balaban J connectivity index is 1.50. The van der Waals surface area contributed by atoms with E-state index in [9.17, 15) is 19.2 Å². The molecule has 2 aromatic carbocycles. The molecule has 32 heavy (non-hydrogen) atoms. The summed E-state index contributed by atoms with van der Waals surface area (Å²) in [6, 6.07) is 11.6. The summed E-state index contributed by atoms with van der Waals surface area (Å²) in [6.07, 6.45) is 0. The summed E-state index contributed by atoms with van der Waals surface area (Å²) >= 11 is 17.7. The third-order valence-electron chi connectivity index (χ3n) is 4.62. The van der Waals surface area contributed by atoms with Crippen molar-refractivity contribution in [2.75, 3.05) is 11.9 Å². The number of benzene rings is 2. The summed E-state index contributed by atoms with van der Waals surface area (Å²) < 4.78 is 4.95. The molecule has 7 nitrogen and oxygen atoms in total. The van der Waals surface area contributed by atoms with E-state index in [2.05, 4.69) is 10.3 Å². The first kappa shape index (κ1) is 22.0. The fraction of sp³-hybridized carbons (Fsp3) is 0.0455. The van der Waals surface area contributed by atoms with E-state index in [1.807, 2.05) is 0 Å². The highest BCUT2D eigenvalue weighted by atomic mass is 35.5. The largest absolute Gasteiger partial charge is 0.452 e. The van der Waals surface area contributed by atoms with Crippen LogP contribution >= 0.6 is 34.8 Å². The fourth-order valence-electron chi connectivity index (χ4n) is 3.20. The molecule has 0 aliphatic heterocycles. The van der Waals surface area contributed by atoms with Crippen molar-refractivity contribution in [1.82, 2.24) is 4.98 Å². The minimum atomic E-state index is -0.833. The molecule has 0 unspecified atom stereocenters. The number of hydrogen-bond acceptors (Lipinski definition) is 6. The number of rotatable bonds is 4. The Bertz CT molecular complexity index is 1300. The van der Waals surface area contributed by atoms with E-state index in [0.29, 0.717) is 5.56 Å². The molecular weight excluding hydrogens is 479 g/mol. The van der Waals surface area contributed by atoms with Gasteiger partial charge < -0.3 is 10.1 Å². The highest BCUT2D eigenvalue weighted by Gasteiger charge is 2.30. The Labute approximate surface area is 196 Å². The predicted octanol–water partition coefficient (Wildman–Crippen LogP) is 4.61. The van der Waals surface area contributed by atoms with Gasteiger partial charge in [0, 0.05) is 22.3 Å². The maximum Gasteiger partial charge on any atom is 0.338 e. The average molecular weight is 490 g/mol. The van der Waals surface area contributed by atoms with Gasteiger partial charge in [0.25, 0.3) is 5.91 Å². The molecule has 0 saturated carbocycles. The number of esters is 1. The molecule has 1 aliphatic rings. The number of carbonyl (C=O) groups excluding carboxylic acids is 4. The minimum Gasteiger partial charge on any atom is -0.452 e. The van der Waals surface area contributed by atoms with Crippen LogP contribution in [-0.2, 0) is 9.53 Å². The van der Waals surface area contributed by atoms with Crippen LogP contribution in [-0.4, -0.2) is 35.0 Å². The van der Waals surface area contributed by atoms with Crippen molar-refractivity contribution >= 4 is 63.9 Å². The maximum absolute atomic E-state index is 12.8. The standard InChI is InChI=1S/C22H11Cl3N2O5/c23-15-7-13-14(21(30)12-4-2-1-3-11(12)20(13)29)8-16(15)26-19(28)9-32-22(31)10-5-17(24)27-18(25)6-10/h1-8H,9H2,(H,26,28). The Kier molecular flexibility index (Phi) is 5.97. The van der Waals surface area contributed by atoms with Crippen molar-refractivity contribution in [3.8, 4) is 0 Å². The molecule has 1 aromatic heterocycles. The summed E-state index contributed by atoms with van der Waals surface area (Å²) in [5.74, 6) is -2.24. The quantitative estimate of drug-likeness (QED) is 0.332. The number of hydrogen-bond donors (Lipinski definition) is 1. The number of ether oxygens (including phenoxy) is 1. The van der Waals surface area contributed by atoms with Crippen molar-refractivity contribution in [2.45, 2.75) is 0 Å². The van der Waals surface area contributed by atoms with E-state index < -0.39 is 18.5 Å². The first-order chi connectivity index (χ1) is 15.2. The average Bonchev–Trinajstić information content (AvgIpc) is 2.76. The zero-order valence-electron chi connectivity index (χ0n) is 15.9. The van der Waals surface area contributed by atoms with E-state index in [0.717, 1.165) is 0 Å². The summed E-state index contributed by atoms with van der Waals surface area (Å²) in [5, 5.41) is 2.52. The number of halogens is 3. The van der Waals surface area contributed by atoms with Crippen LogP contribution in [0.1, 0.15) is 42.2 Å². The van der Waals surface area contributed by atoms with Gasteiger partial charge in [0.1, 0.15) is 10.3 Å². The smallest absolute Gasteiger partial charge is 0.338 e. The molecule has 0 saturated heterocycles. The zero-order valence-corrected chi connectivity index (χ0v) is 18.2. The van der Waals surface area contributed by atoms with Gasteiger partial charge in [0.05, 0.1) is 16.3 Å². The van der Waals surface area contributed by atoms with Crippen LogP contribution in [0.5, 0.6) is 0 Å². The lowest BCUT2D eigenvalue weighted by Crippen LogP contribution is -2.23. The van der Waals surface area contributed by atoms with Crippen molar-refractivity contribution in [1.29, 1.82) is 0 Å². The van der Waals surface area contributed by atoms with Gasteiger partial charge in [0.2, 0.25) is 0 Å². The highest BCUT2D eigenvalue weighted by molar-refractivity contribution is 6.36. The lowest BCUT2D eigenvalue weighted by Gasteiger charge is -2.19. The molecule has 0 radical (unpaired) electrons. The molecule has 3 aromatic rings. The van der Waals surface area contributed by atoms with Crippen LogP contribution in [0.25, 0.3) is 0 Å². The topological polar surface area (TPSA) is 102 Å². The third-order valence-corrected chi connectivity index (χ3v) is 5.32. The van der Waals surface area contributed by atoms with Crippen LogP contribution in [0.15, 0.2) is 48.5 Å². The van der Waals surface area contributed by atoms with Gasteiger partial charge in [-0.3, -0.25) is 14.4 Å². The molecule has 0 spiro atoms. The molecule has 10 heteroatoms. The summed E-state index contributed by atoms with van der Waals surface area (Å²) in [4.78, 5) is 53.7. The molecule has 0 atom stereocenters. The normalized spacial score (nSPS) is 12.1. The number of amides is 1. The lowest BCUT2D eigenvalue weighted by atomic mass is 9.84. The van der Waals surface area contributed by atoms with Gasteiger partial charge >= 0.3 is 5.97 Å². The SMILES string of the molecule is O=C(COC(=O)c1cc(Cl)nc(Cl)c1)Nc1cc2c(cc1Cl)C(=O)c1ccccc1C2=O. The summed E-state index contributed by atoms with van der Waals surface area (Å²) in [7, 11) is 0. The lowest BCUT2D eigenvalue weighted by molar-refractivity contribution is -0.119. The molecule has 1 heterocycles. The fourth-order valence-corrected chi connectivity index (χ4v) is 3.87. The molecule has 1 aliphatic carbocycles. The molecular formula is C22H11Cl3N2O5. The van der Waals surface area contributed by atoms with Gasteiger partial charge in [0.15, 0.2) is 18.2 Å².